The van der Waals surface area contributed by atoms with E-state index in [4.69, 9.17) is 0 Å². The first-order chi connectivity index (χ1) is 8.49. The van der Waals surface area contributed by atoms with E-state index in [2.05, 4.69) is 5.32 Å². The molecule has 1 N–H and O–H groups in total. The molecule has 1 aromatic carbocycles. The van der Waals surface area contributed by atoms with E-state index in [1.165, 1.54) is 13.0 Å². The minimum absolute atomic E-state index is 0.113. The Morgan fingerprint density at radius 1 is 1.28 bits per heavy atom. The summed E-state index contributed by atoms with van der Waals surface area (Å²) in [7, 11) is 0. The van der Waals surface area contributed by atoms with Crippen molar-refractivity contribution in [2.45, 2.75) is 44.3 Å². The van der Waals surface area contributed by atoms with Gasteiger partial charge in [0.25, 0.3) is 0 Å². The summed E-state index contributed by atoms with van der Waals surface area (Å²) >= 11 is 0. The lowest BCUT2D eigenvalue weighted by Crippen LogP contribution is -2.38. The number of nitrogens with one attached hydrogen (secondary N) is 1. The molecule has 1 saturated heterocycles. The van der Waals surface area contributed by atoms with Crippen LogP contribution in [-0.4, -0.2) is 12.6 Å². The van der Waals surface area contributed by atoms with Crippen LogP contribution in [0.25, 0.3) is 0 Å². The highest BCUT2D eigenvalue weighted by Gasteiger charge is 2.31. The van der Waals surface area contributed by atoms with Crippen molar-refractivity contribution in [2.24, 2.45) is 0 Å². The first-order valence-corrected chi connectivity index (χ1v) is 6.37. The van der Waals surface area contributed by atoms with Gasteiger partial charge < -0.3 is 5.32 Å². The molecule has 18 heavy (non-hydrogen) atoms. The fourth-order valence-electron chi connectivity index (χ4n) is 2.50. The van der Waals surface area contributed by atoms with Gasteiger partial charge in [0.2, 0.25) is 0 Å². The molecule has 100 valence electrons. The highest BCUT2D eigenvalue weighted by molar-refractivity contribution is 5.24. The van der Waals surface area contributed by atoms with Gasteiger partial charge in [-0.3, -0.25) is 0 Å². The number of alkyl halides is 1. The summed E-state index contributed by atoms with van der Waals surface area (Å²) in [5.41, 5.74) is -1.43. The third kappa shape index (κ3) is 3.05. The van der Waals surface area contributed by atoms with Crippen LogP contribution < -0.4 is 5.32 Å². The summed E-state index contributed by atoms with van der Waals surface area (Å²) in [6, 6.07) is 3.37. The average Bonchev–Trinajstić information content (AvgIpc) is 2.33. The fraction of sp³-hybridized carbons (Fsp3) is 0.571. The number of hydrogen-bond donors (Lipinski definition) is 1. The molecule has 1 aliphatic heterocycles. The van der Waals surface area contributed by atoms with Crippen molar-refractivity contribution in [2.75, 3.05) is 6.54 Å². The van der Waals surface area contributed by atoms with Crippen LogP contribution in [0.4, 0.5) is 13.2 Å². The van der Waals surface area contributed by atoms with Gasteiger partial charge in [-0.25, -0.2) is 13.2 Å². The summed E-state index contributed by atoms with van der Waals surface area (Å²) in [5.74, 6) is -1.93. The summed E-state index contributed by atoms with van der Waals surface area (Å²) in [6.45, 7) is 2.33. The normalized spacial score (nSPS) is 23.7. The summed E-state index contributed by atoms with van der Waals surface area (Å²) in [4.78, 5) is 0. The van der Waals surface area contributed by atoms with Gasteiger partial charge in [-0.1, -0.05) is 12.5 Å². The first kappa shape index (κ1) is 13.4. The molecule has 0 aliphatic carbocycles. The van der Waals surface area contributed by atoms with Crippen LogP contribution in [0.3, 0.4) is 0 Å². The second-order valence-electron chi connectivity index (χ2n) is 5.18. The molecule has 0 radical (unpaired) electrons. The molecule has 0 bridgehead atoms. The van der Waals surface area contributed by atoms with Crippen LogP contribution >= 0.6 is 0 Å². The number of benzene rings is 1. The largest absolute Gasteiger partial charge is 0.314 e. The van der Waals surface area contributed by atoms with E-state index in [1.807, 2.05) is 0 Å². The molecule has 1 aromatic rings. The summed E-state index contributed by atoms with van der Waals surface area (Å²) < 4.78 is 40.6. The van der Waals surface area contributed by atoms with Crippen molar-refractivity contribution in [3.63, 3.8) is 0 Å². The smallest absolute Gasteiger partial charge is 0.159 e. The van der Waals surface area contributed by atoms with E-state index in [1.54, 1.807) is 0 Å². The van der Waals surface area contributed by atoms with E-state index in [9.17, 15) is 13.2 Å². The minimum Gasteiger partial charge on any atom is -0.314 e. The molecule has 1 heterocycles. The second kappa shape index (κ2) is 5.31. The lowest BCUT2D eigenvalue weighted by Gasteiger charge is -2.30. The highest BCUT2D eigenvalue weighted by atomic mass is 19.2. The van der Waals surface area contributed by atoms with Crippen molar-refractivity contribution in [3.05, 3.63) is 35.4 Å². The van der Waals surface area contributed by atoms with E-state index >= 15 is 0 Å². The van der Waals surface area contributed by atoms with E-state index in [-0.39, 0.29) is 18.0 Å². The number of rotatable bonds is 3. The molecular formula is C14H18F3N. The Bertz CT molecular complexity index is 412. The second-order valence-corrected chi connectivity index (χ2v) is 5.18. The average molecular weight is 257 g/mol. The van der Waals surface area contributed by atoms with Crippen LogP contribution in [0, 0.1) is 11.6 Å². The zero-order valence-corrected chi connectivity index (χ0v) is 10.5. The third-order valence-corrected chi connectivity index (χ3v) is 3.56. The number of piperidine rings is 1. The minimum atomic E-state index is -1.64. The SMILES string of the molecule is CC(F)(CC1CCCCN1)c1ccc(F)c(F)c1. The van der Waals surface area contributed by atoms with Crippen LogP contribution in [0.5, 0.6) is 0 Å². The van der Waals surface area contributed by atoms with Gasteiger partial charge >= 0.3 is 0 Å². The van der Waals surface area contributed by atoms with Crippen molar-refractivity contribution in [1.29, 1.82) is 0 Å². The maximum Gasteiger partial charge on any atom is 0.159 e. The van der Waals surface area contributed by atoms with E-state index in [0.717, 1.165) is 37.9 Å². The topological polar surface area (TPSA) is 12.0 Å². The zero-order valence-electron chi connectivity index (χ0n) is 10.5. The predicted octanol–water partition coefficient (Wildman–Crippen LogP) is 3.68. The molecule has 4 heteroatoms. The van der Waals surface area contributed by atoms with Gasteiger partial charge in [0, 0.05) is 12.5 Å². The van der Waals surface area contributed by atoms with Gasteiger partial charge in [-0.05, 0) is 44.0 Å². The molecule has 0 aromatic heterocycles. The molecule has 2 atom stereocenters. The molecule has 0 amide bonds. The molecule has 1 fully saturated rings. The van der Waals surface area contributed by atoms with Crippen molar-refractivity contribution in [3.8, 4) is 0 Å². The Morgan fingerprint density at radius 2 is 2.06 bits per heavy atom. The Morgan fingerprint density at radius 3 is 2.67 bits per heavy atom. The van der Waals surface area contributed by atoms with Crippen LogP contribution in [0.2, 0.25) is 0 Å². The van der Waals surface area contributed by atoms with E-state index in [0.29, 0.717) is 0 Å². The van der Waals surface area contributed by atoms with Gasteiger partial charge in [0.15, 0.2) is 11.6 Å². The van der Waals surface area contributed by atoms with Crippen LogP contribution in [0.15, 0.2) is 18.2 Å². The number of hydrogen-bond acceptors (Lipinski definition) is 1. The lowest BCUT2D eigenvalue weighted by atomic mass is 9.87. The fourth-order valence-corrected chi connectivity index (χ4v) is 2.50. The van der Waals surface area contributed by atoms with Crippen LogP contribution in [-0.2, 0) is 5.67 Å². The maximum atomic E-state index is 14.6. The Labute approximate surface area is 105 Å². The van der Waals surface area contributed by atoms with Gasteiger partial charge in [-0.2, -0.15) is 0 Å². The van der Waals surface area contributed by atoms with E-state index < -0.39 is 17.3 Å². The quantitative estimate of drug-likeness (QED) is 0.871. The van der Waals surface area contributed by atoms with Crippen molar-refractivity contribution >= 4 is 0 Å². The molecular weight excluding hydrogens is 239 g/mol. The molecule has 1 nitrogen and oxygen atoms in total. The molecule has 2 rings (SSSR count). The first-order valence-electron chi connectivity index (χ1n) is 6.37. The van der Waals surface area contributed by atoms with Crippen molar-refractivity contribution < 1.29 is 13.2 Å². The standard InChI is InChI=1S/C14H18F3N/c1-14(17,9-11-4-2-3-7-18-11)10-5-6-12(15)13(16)8-10/h5-6,8,11,18H,2-4,7,9H2,1H3. The third-order valence-electron chi connectivity index (χ3n) is 3.56. The zero-order chi connectivity index (χ0) is 13.2. The van der Waals surface area contributed by atoms with Crippen LogP contribution in [0.1, 0.15) is 38.2 Å². The Balaban J connectivity index is 2.10. The lowest BCUT2D eigenvalue weighted by molar-refractivity contribution is 0.145. The van der Waals surface area contributed by atoms with Gasteiger partial charge in [-0.15, -0.1) is 0 Å². The highest BCUT2D eigenvalue weighted by Crippen LogP contribution is 2.33. The molecule has 1 aliphatic rings. The monoisotopic (exact) mass is 257 g/mol. The maximum absolute atomic E-state index is 14.6. The van der Waals surface area contributed by atoms with Crippen molar-refractivity contribution in [1.82, 2.24) is 5.32 Å². The predicted molar refractivity (Wildman–Crippen MR) is 65.1 cm³/mol. The Kier molecular flexibility index (Phi) is 3.95. The Hall–Kier alpha value is -1.03. The number of halogens is 3. The molecule has 0 spiro atoms. The summed E-state index contributed by atoms with van der Waals surface area (Å²) in [5, 5.41) is 3.26. The molecule has 0 saturated carbocycles. The van der Waals surface area contributed by atoms with Gasteiger partial charge in [0.1, 0.15) is 5.67 Å². The van der Waals surface area contributed by atoms with Gasteiger partial charge in [0.05, 0.1) is 0 Å². The molecule has 2 unspecified atom stereocenters. The summed E-state index contributed by atoms with van der Waals surface area (Å²) in [6.07, 6.45) is 3.43.